The molecule has 1 aromatic heterocycles. The molecule has 1 unspecified atom stereocenters. The molecule has 1 rings (SSSR count). The Morgan fingerprint density at radius 2 is 2.20 bits per heavy atom. The Labute approximate surface area is 119 Å². The third-order valence-corrected chi connectivity index (χ3v) is 3.60. The van der Waals surface area contributed by atoms with Gasteiger partial charge in [-0.3, -0.25) is 15.1 Å². The van der Waals surface area contributed by atoms with E-state index < -0.39 is 0 Å². The Hall–Kier alpha value is -1.53. The standard InChI is InChI=1S/C14H23N3O3/c1-4-12(5-6-18)8-15-9-13-11(3)14(17(19)20)10(2)7-16-13/h7,12,15,18H,4-6,8-9H2,1-3H3. The van der Waals surface area contributed by atoms with Crippen molar-refractivity contribution in [2.24, 2.45) is 5.92 Å². The van der Waals surface area contributed by atoms with Crippen molar-refractivity contribution in [2.45, 2.75) is 40.2 Å². The van der Waals surface area contributed by atoms with Crippen LogP contribution in [0, 0.1) is 29.9 Å². The molecule has 0 bridgehead atoms. The van der Waals surface area contributed by atoms with Crippen LogP contribution in [0.3, 0.4) is 0 Å². The Morgan fingerprint density at radius 3 is 2.75 bits per heavy atom. The summed E-state index contributed by atoms with van der Waals surface area (Å²) in [5.74, 6) is 0.417. The highest BCUT2D eigenvalue weighted by molar-refractivity contribution is 5.47. The molecule has 20 heavy (non-hydrogen) atoms. The summed E-state index contributed by atoms with van der Waals surface area (Å²) in [6, 6.07) is 0. The van der Waals surface area contributed by atoms with E-state index in [2.05, 4.69) is 17.2 Å². The third-order valence-electron chi connectivity index (χ3n) is 3.60. The zero-order chi connectivity index (χ0) is 15.1. The number of nitro groups is 1. The molecule has 2 N–H and O–H groups in total. The smallest absolute Gasteiger partial charge is 0.278 e. The topological polar surface area (TPSA) is 88.3 Å². The zero-order valence-electron chi connectivity index (χ0n) is 12.3. The number of aryl methyl sites for hydroxylation is 1. The van der Waals surface area contributed by atoms with Crippen LogP contribution in [0.15, 0.2) is 6.20 Å². The Balaban J connectivity index is 2.69. The number of aromatic nitrogens is 1. The second-order valence-corrected chi connectivity index (χ2v) is 5.04. The van der Waals surface area contributed by atoms with E-state index in [1.54, 1.807) is 20.0 Å². The molecule has 6 heteroatoms. The average molecular weight is 281 g/mol. The maximum atomic E-state index is 11.0. The van der Waals surface area contributed by atoms with Crippen LogP contribution < -0.4 is 5.32 Å². The lowest BCUT2D eigenvalue weighted by atomic mass is 10.0. The summed E-state index contributed by atoms with van der Waals surface area (Å²) in [6.07, 6.45) is 3.31. The lowest BCUT2D eigenvalue weighted by Crippen LogP contribution is -2.24. The molecular weight excluding hydrogens is 258 g/mol. The summed E-state index contributed by atoms with van der Waals surface area (Å²) in [5.41, 5.74) is 2.07. The van der Waals surface area contributed by atoms with Gasteiger partial charge in [0.05, 0.1) is 10.6 Å². The number of rotatable bonds is 8. The van der Waals surface area contributed by atoms with E-state index in [1.807, 2.05) is 0 Å². The molecule has 0 aliphatic carbocycles. The highest BCUT2D eigenvalue weighted by Gasteiger charge is 2.18. The fourth-order valence-corrected chi connectivity index (χ4v) is 2.25. The van der Waals surface area contributed by atoms with Crippen molar-refractivity contribution < 1.29 is 10.0 Å². The van der Waals surface area contributed by atoms with Crippen LogP contribution >= 0.6 is 0 Å². The summed E-state index contributed by atoms with van der Waals surface area (Å²) >= 11 is 0. The van der Waals surface area contributed by atoms with Crippen molar-refractivity contribution in [1.82, 2.24) is 10.3 Å². The van der Waals surface area contributed by atoms with Gasteiger partial charge in [-0.25, -0.2) is 0 Å². The number of hydrogen-bond donors (Lipinski definition) is 2. The molecule has 0 aliphatic heterocycles. The van der Waals surface area contributed by atoms with Crippen LogP contribution in [0.2, 0.25) is 0 Å². The second-order valence-electron chi connectivity index (χ2n) is 5.04. The van der Waals surface area contributed by atoms with Gasteiger partial charge in [-0.1, -0.05) is 13.3 Å². The van der Waals surface area contributed by atoms with Gasteiger partial charge >= 0.3 is 0 Å². The molecule has 0 aromatic carbocycles. The monoisotopic (exact) mass is 281 g/mol. The summed E-state index contributed by atoms with van der Waals surface area (Å²) in [5, 5.41) is 23.2. The van der Waals surface area contributed by atoms with Gasteiger partial charge in [-0.2, -0.15) is 0 Å². The van der Waals surface area contributed by atoms with Gasteiger partial charge in [0.15, 0.2) is 0 Å². The predicted octanol–water partition coefficient (Wildman–Crippen LogP) is 2.10. The van der Waals surface area contributed by atoms with E-state index >= 15 is 0 Å². The highest BCUT2D eigenvalue weighted by Crippen LogP contribution is 2.23. The SMILES string of the molecule is CCC(CCO)CNCc1ncc(C)c([N+](=O)[O-])c1C. The first-order chi connectivity index (χ1) is 9.51. The van der Waals surface area contributed by atoms with Gasteiger partial charge in [-0.05, 0) is 32.7 Å². The van der Waals surface area contributed by atoms with Crippen molar-refractivity contribution in [1.29, 1.82) is 0 Å². The Kier molecular flexibility index (Phi) is 6.54. The van der Waals surface area contributed by atoms with E-state index in [-0.39, 0.29) is 17.2 Å². The van der Waals surface area contributed by atoms with E-state index in [4.69, 9.17) is 5.11 Å². The Bertz CT molecular complexity index is 463. The lowest BCUT2D eigenvalue weighted by molar-refractivity contribution is -0.386. The molecule has 1 heterocycles. The first-order valence-electron chi connectivity index (χ1n) is 6.92. The molecule has 6 nitrogen and oxygen atoms in total. The zero-order valence-corrected chi connectivity index (χ0v) is 12.3. The van der Waals surface area contributed by atoms with Gasteiger partial charge in [0, 0.05) is 30.5 Å². The molecule has 112 valence electrons. The van der Waals surface area contributed by atoms with E-state index in [0.29, 0.717) is 29.3 Å². The molecule has 0 spiro atoms. The number of pyridine rings is 1. The van der Waals surface area contributed by atoms with Crippen LogP contribution in [0.1, 0.15) is 36.6 Å². The summed E-state index contributed by atoms with van der Waals surface area (Å²) in [7, 11) is 0. The van der Waals surface area contributed by atoms with Crippen molar-refractivity contribution in [3.63, 3.8) is 0 Å². The largest absolute Gasteiger partial charge is 0.396 e. The van der Waals surface area contributed by atoms with Crippen molar-refractivity contribution in [3.8, 4) is 0 Å². The number of aliphatic hydroxyl groups excluding tert-OH is 1. The Morgan fingerprint density at radius 1 is 1.50 bits per heavy atom. The van der Waals surface area contributed by atoms with Crippen LogP contribution in [0.5, 0.6) is 0 Å². The predicted molar refractivity (Wildman–Crippen MR) is 77.6 cm³/mol. The first kappa shape index (κ1) is 16.5. The van der Waals surface area contributed by atoms with Crippen molar-refractivity contribution in [3.05, 3.63) is 33.1 Å². The summed E-state index contributed by atoms with van der Waals surface area (Å²) in [4.78, 5) is 15.0. The molecule has 0 radical (unpaired) electrons. The van der Waals surface area contributed by atoms with Crippen LogP contribution in [-0.4, -0.2) is 28.2 Å². The molecule has 0 saturated heterocycles. The first-order valence-corrected chi connectivity index (χ1v) is 6.92. The van der Waals surface area contributed by atoms with Crippen molar-refractivity contribution >= 4 is 5.69 Å². The highest BCUT2D eigenvalue weighted by atomic mass is 16.6. The average Bonchev–Trinajstić information content (AvgIpc) is 2.39. The number of aliphatic hydroxyl groups is 1. The van der Waals surface area contributed by atoms with Gasteiger partial charge in [0.2, 0.25) is 0 Å². The second kappa shape index (κ2) is 7.91. The van der Waals surface area contributed by atoms with Gasteiger partial charge in [0.25, 0.3) is 5.69 Å². The minimum absolute atomic E-state index is 0.152. The number of nitrogens with zero attached hydrogens (tertiary/aromatic N) is 2. The van der Waals surface area contributed by atoms with E-state index in [9.17, 15) is 10.1 Å². The fourth-order valence-electron chi connectivity index (χ4n) is 2.25. The fraction of sp³-hybridized carbons (Fsp3) is 0.643. The van der Waals surface area contributed by atoms with Crippen LogP contribution in [-0.2, 0) is 6.54 Å². The van der Waals surface area contributed by atoms with Gasteiger partial charge in [-0.15, -0.1) is 0 Å². The number of nitrogens with one attached hydrogen (secondary N) is 1. The molecule has 1 aromatic rings. The number of hydrogen-bond acceptors (Lipinski definition) is 5. The van der Waals surface area contributed by atoms with Gasteiger partial charge in [0.1, 0.15) is 0 Å². The maximum absolute atomic E-state index is 11.0. The van der Waals surface area contributed by atoms with Crippen molar-refractivity contribution in [2.75, 3.05) is 13.2 Å². The minimum Gasteiger partial charge on any atom is -0.396 e. The van der Waals surface area contributed by atoms with Gasteiger partial charge < -0.3 is 10.4 Å². The molecular formula is C14H23N3O3. The minimum atomic E-state index is -0.351. The van der Waals surface area contributed by atoms with Crippen LogP contribution in [0.25, 0.3) is 0 Å². The molecule has 0 saturated carbocycles. The molecule has 1 atom stereocenters. The summed E-state index contributed by atoms with van der Waals surface area (Å²) in [6.45, 7) is 6.99. The lowest BCUT2D eigenvalue weighted by Gasteiger charge is -2.15. The normalized spacial score (nSPS) is 12.4. The molecule has 0 fully saturated rings. The molecule has 0 aliphatic rings. The van der Waals surface area contributed by atoms with Crippen LogP contribution in [0.4, 0.5) is 5.69 Å². The quantitative estimate of drug-likeness (QED) is 0.562. The third kappa shape index (κ3) is 4.25. The maximum Gasteiger partial charge on any atom is 0.278 e. The van der Waals surface area contributed by atoms with E-state index in [0.717, 1.165) is 19.4 Å². The van der Waals surface area contributed by atoms with E-state index in [1.165, 1.54) is 0 Å². The summed E-state index contributed by atoms with van der Waals surface area (Å²) < 4.78 is 0. The molecule has 0 amide bonds.